The first-order valence-electron chi connectivity index (χ1n) is 7.57. The molecule has 122 valence electrons. The van der Waals surface area contributed by atoms with E-state index in [4.69, 9.17) is 4.52 Å². The van der Waals surface area contributed by atoms with Crippen LogP contribution in [-0.2, 0) is 6.54 Å². The summed E-state index contributed by atoms with van der Waals surface area (Å²) in [5.41, 5.74) is 2.35. The number of pyridine rings is 1. The van der Waals surface area contributed by atoms with Crippen molar-refractivity contribution in [3.63, 3.8) is 0 Å². The topological polar surface area (TPSA) is 88.2 Å². The Balaban J connectivity index is 1.90. The SMILES string of the molecule is CC(O)c1onc(-c2ccccc2)c1C(=O)NCc1ccncc1. The first-order chi connectivity index (χ1) is 11.7. The van der Waals surface area contributed by atoms with Crippen LogP contribution in [0.25, 0.3) is 11.3 Å². The molecule has 1 amide bonds. The second-order valence-electron chi connectivity index (χ2n) is 5.35. The lowest BCUT2D eigenvalue weighted by Crippen LogP contribution is -2.24. The molecule has 2 aromatic heterocycles. The molecule has 0 aliphatic rings. The molecule has 0 bridgehead atoms. The summed E-state index contributed by atoms with van der Waals surface area (Å²) in [6, 6.07) is 12.9. The van der Waals surface area contributed by atoms with Gasteiger partial charge in [-0.2, -0.15) is 0 Å². The maximum absolute atomic E-state index is 12.7. The number of amides is 1. The second kappa shape index (κ2) is 7.06. The van der Waals surface area contributed by atoms with Crippen LogP contribution in [-0.4, -0.2) is 21.2 Å². The minimum absolute atomic E-state index is 0.154. The number of aromatic nitrogens is 2. The van der Waals surface area contributed by atoms with E-state index in [2.05, 4.69) is 15.5 Å². The van der Waals surface area contributed by atoms with E-state index in [9.17, 15) is 9.90 Å². The van der Waals surface area contributed by atoms with Gasteiger partial charge < -0.3 is 14.9 Å². The van der Waals surface area contributed by atoms with Crippen LogP contribution in [0.5, 0.6) is 0 Å². The highest BCUT2D eigenvalue weighted by molar-refractivity contribution is 6.00. The number of aliphatic hydroxyl groups excluding tert-OH is 1. The van der Waals surface area contributed by atoms with Crippen molar-refractivity contribution in [3.8, 4) is 11.3 Å². The van der Waals surface area contributed by atoms with E-state index in [1.54, 1.807) is 12.4 Å². The third kappa shape index (κ3) is 3.33. The Bertz CT molecular complexity index is 814. The highest BCUT2D eigenvalue weighted by atomic mass is 16.5. The standard InChI is InChI=1S/C18H17N3O3/c1-12(22)17-15(16(21-24-17)14-5-3-2-4-6-14)18(23)20-11-13-7-9-19-10-8-13/h2-10,12,22H,11H2,1H3,(H,20,23). The highest BCUT2D eigenvalue weighted by Crippen LogP contribution is 2.29. The predicted octanol–water partition coefficient (Wildman–Crippen LogP) is 2.72. The summed E-state index contributed by atoms with van der Waals surface area (Å²) in [5, 5.41) is 16.7. The summed E-state index contributed by atoms with van der Waals surface area (Å²) in [5.74, 6) is -0.191. The largest absolute Gasteiger partial charge is 0.385 e. The van der Waals surface area contributed by atoms with Gasteiger partial charge in [-0.25, -0.2) is 0 Å². The zero-order valence-corrected chi connectivity index (χ0v) is 13.1. The van der Waals surface area contributed by atoms with Gasteiger partial charge in [0.1, 0.15) is 17.4 Å². The van der Waals surface area contributed by atoms with E-state index < -0.39 is 6.10 Å². The van der Waals surface area contributed by atoms with Gasteiger partial charge in [0.25, 0.3) is 5.91 Å². The van der Waals surface area contributed by atoms with Crippen LogP contribution in [0, 0.1) is 0 Å². The van der Waals surface area contributed by atoms with Gasteiger partial charge in [0.15, 0.2) is 5.76 Å². The lowest BCUT2D eigenvalue weighted by Gasteiger charge is -2.08. The summed E-state index contributed by atoms with van der Waals surface area (Å²) in [7, 11) is 0. The quantitative estimate of drug-likeness (QED) is 0.753. The molecule has 1 unspecified atom stereocenters. The molecule has 3 rings (SSSR count). The summed E-state index contributed by atoms with van der Waals surface area (Å²) in [4.78, 5) is 16.6. The van der Waals surface area contributed by atoms with Gasteiger partial charge in [0, 0.05) is 24.5 Å². The van der Waals surface area contributed by atoms with Crippen molar-refractivity contribution in [1.82, 2.24) is 15.5 Å². The van der Waals surface area contributed by atoms with Gasteiger partial charge >= 0.3 is 0 Å². The monoisotopic (exact) mass is 323 g/mol. The smallest absolute Gasteiger partial charge is 0.257 e. The fourth-order valence-electron chi connectivity index (χ4n) is 2.37. The average molecular weight is 323 g/mol. The zero-order valence-electron chi connectivity index (χ0n) is 13.1. The van der Waals surface area contributed by atoms with Gasteiger partial charge in [0.2, 0.25) is 0 Å². The molecule has 0 saturated carbocycles. The van der Waals surface area contributed by atoms with Crippen molar-refractivity contribution >= 4 is 5.91 Å². The molecule has 1 atom stereocenters. The fraction of sp³-hybridized carbons (Fsp3) is 0.167. The molecular weight excluding hydrogens is 306 g/mol. The van der Waals surface area contributed by atoms with Crippen molar-refractivity contribution < 1.29 is 14.4 Å². The predicted molar refractivity (Wildman–Crippen MR) is 88.0 cm³/mol. The van der Waals surface area contributed by atoms with Crippen molar-refractivity contribution in [2.75, 3.05) is 0 Å². The van der Waals surface area contributed by atoms with Crippen LogP contribution in [0.2, 0.25) is 0 Å². The van der Waals surface area contributed by atoms with E-state index >= 15 is 0 Å². The molecule has 0 aliphatic heterocycles. The molecule has 3 aromatic rings. The van der Waals surface area contributed by atoms with Crippen LogP contribution in [0.1, 0.15) is 34.7 Å². The minimum atomic E-state index is -0.934. The number of aliphatic hydroxyl groups is 1. The Morgan fingerprint density at radius 1 is 1.21 bits per heavy atom. The molecule has 0 saturated heterocycles. The number of nitrogens with one attached hydrogen (secondary N) is 1. The van der Waals surface area contributed by atoms with E-state index in [-0.39, 0.29) is 17.2 Å². The molecule has 0 spiro atoms. The van der Waals surface area contributed by atoms with E-state index in [0.29, 0.717) is 12.2 Å². The molecule has 2 heterocycles. The molecule has 24 heavy (non-hydrogen) atoms. The minimum Gasteiger partial charge on any atom is -0.385 e. The van der Waals surface area contributed by atoms with E-state index in [0.717, 1.165) is 11.1 Å². The number of nitrogens with zero attached hydrogens (tertiary/aromatic N) is 2. The van der Waals surface area contributed by atoms with Crippen molar-refractivity contribution in [2.45, 2.75) is 19.6 Å². The Morgan fingerprint density at radius 2 is 1.92 bits per heavy atom. The highest BCUT2D eigenvalue weighted by Gasteiger charge is 2.26. The average Bonchev–Trinajstić information content (AvgIpc) is 3.07. The Hall–Kier alpha value is -2.99. The van der Waals surface area contributed by atoms with Crippen molar-refractivity contribution in [2.24, 2.45) is 0 Å². The third-order valence-electron chi connectivity index (χ3n) is 3.57. The van der Waals surface area contributed by atoms with Crippen LogP contribution < -0.4 is 5.32 Å². The Labute approximate surface area is 139 Å². The molecule has 0 fully saturated rings. The lowest BCUT2D eigenvalue weighted by molar-refractivity contribution is 0.0938. The van der Waals surface area contributed by atoms with Gasteiger partial charge in [-0.15, -0.1) is 0 Å². The van der Waals surface area contributed by atoms with Crippen LogP contribution in [0.3, 0.4) is 0 Å². The number of hydrogen-bond donors (Lipinski definition) is 2. The first-order valence-corrected chi connectivity index (χ1v) is 7.57. The fourth-order valence-corrected chi connectivity index (χ4v) is 2.37. The molecule has 0 radical (unpaired) electrons. The number of carbonyl (C=O) groups is 1. The lowest BCUT2D eigenvalue weighted by atomic mass is 10.0. The molecular formula is C18H17N3O3. The van der Waals surface area contributed by atoms with E-state index in [1.807, 2.05) is 42.5 Å². The summed E-state index contributed by atoms with van der Waals surface area (Å²) < 4.78 is 5.21. The number of benzene rings is 1. The van der Waals surface area contributed by atoms with E-state index in [1.165, 1.54) is 6.92 Å². The second-order valence-corrected chi connectivity index (χ2v) is 5.35. The van der Waals surface area contributed by atoms with Gasteiger partial charge in [0.05, 0.1) is 0 Å². The number of rotatable bonds is 5. The maximum Gasteiger partial charge on any atom is 0.257 e. The molecule has 2 N–H and O–H groups in total. The van der Waals surface area contributed by atoms with Crippen LogP contribution in [0.4, 0.5) is 0 Å². The molecule has 6 nitrogen and oxygen atoms in total. The van der Waals surface area contributed by atoms with Crippen molar-refractivity contribution in [3.05, 3.63) is 71.7 Å². The number of hydrogen-bond acceptors (Lipinski definition) is 5. The Kier molecular flexibility index (Phi) is 4.67. The normalized spacial score (nSPS) is 11.9. The maximum atomic E-state index is 12.7. The summed E-state index contributed by atoms with van der Waals surface area (Å²) in [6.45, 7) is 1.88. The van der Waals surface area contributed by atoms with Crippen LogP contribution >= 0.6 is 0 Å². The Morgan fingerprint density at radius 3 is 2.58 bits per heavy atom. The zero-order chi connectivity index (χ0) is 16.9. The third-order valence-corrected chi connectivity index (χ3v) is 3.57. The summed E-state index contributed by atoms with van der Waals surface area (Å²) >= 11 is 0. The van der Waals surface area contributed by atoms with Gasteiger partial charge in [-0.3, -0.25) is 9.78 Å². The molecule has 1 aromatic carbocycles. The summed E-state index contributed by atoms with van der Waals surface area (Å²) in [6.07, 6.45) is 2.39. The number of carbonyl (C=O) groups excluding carboxylic acids is 1. The van der Waals surface area contributed by atoms with Crippen LogP contribution in [0.15, 0.2) is 59.4 Å². The first kappa shape index (κ1) is 15.9. The molecule has 6 heteroatoms. The molecule has 0 aliphatic carbocycles. The van der Waals surface area contributed by atoms with Crippen molar-refractivity contribution in [1.29, 1.82) is 0 Å². The van der Waals surface area contributed by atoms with Gasteiger partial charge in [-0.05, 0) is 24.6 Å². The van der Waals surface area contributed by atoms with Gasteiger partial charge in [-0.1, -0.05) is 35.5 Å².